The van der Waals surface area contributed by atoms with Crippen molar-refractivity contribution in [2.24, 2.45) is 5.92 Å². The van der Waals surface area contributed by atoms with E-state index in [4.69, 9.17) is 4.98 Å². The third-order valence-corrected chi connectivity index (χ3v) is 5.15. The van der Waals surface area contributed by atoms with E-state index in [0.717, 1.165) is 59.0 Å². The number of fused-ring (bicyclic) bond motifs is 2. The maximum absolute atomic E-state index is 13.1. The maximum atomic E-state index is 13.1. The fourth-order valence-corrected chi connectivity index (χ4v) is 3.78. The van der Waals surface area contributed by atoms with Crippen molar-refractivity contribution in [3.63, 3.8) is 0 Å². The molecular weight excluding hydrogens is 322 g/mol. The van der Waals surface area contributed by atoms with Gasteiger partial charge in [0.25, 0.3) is 5.91 Å². The molecule has 4 heteroatoms. The van der Waals surface area contributed by atoms with Gasteiger partial charge in [-0.15, -0.1) is 0 Å². The molecule has 4 nitrogen and oxygen atoms in total. The van der Waals surface area contributed by atoms with Gasteiger partial charge in [-0.3, -0.25) is 14.8 Å². The number of carbonyl (C=O) groups is 1. The Balaban J connectivity index is 1.63. The molecule has 1 amide bonds. The Bertz CT molecular complexity index is 937. The van der Waals surface area contributed by atoms with Gasteiger partial charge in [-0.1, -0.05) is 31.2 Å². The molecule has 0 bridgehead atoms. The highest BCUT2D eigenvalue weighted by Crippen LogP contribution is 2.31. The van der Waals surface area contributed by atoms with Crippen LogP contribution in [0.15, 0.2) is 48.8 Å². The highest BCUT2D eigenvalue weighted by atomic mass is 16.1. The first-order valence-electron chi connectivity index (χ1n) is 9.30. The average Bonchev–Trinajstić information content (AvgIpc) is 2.67. The first-order chi connectivity index (χ1) is 12.7. The molecule has 0 unspecified atom stereocenters. The minimum absolute atomic E-state index is 0.0119. The summed E-state index contributed by atoms with van der Waals surface area (Å²) < 4.78 is 0. The summed E-state index contributed by atoms with van der Waals surface area (Å²) >= 11 is 0. The molecule has 1 aromatic carbocycles. The zero-order valence-corrected chi connectivity index (χ0v) is 15.0. The molecule has 0 aliphatic heterocycles. The quantitative estimate of drug-likeness (QED) is 0.784. The Morgan fingerprint density at radius 3 is 2.96 bits per heavy atom. The van der Waals surface area contributed by atoms with E-state index in [0.29, 0.717) is 12.5 Å². The van der Waals surface area contributed by atoms with Gasteiger partial charge in [0.15, 0.2) is 0 Å². The SMILES string of the molecule is C[C@H]1CCc2nc3ccccc3c(C(=O)NCCc3cccnc3)c2C1. The van der Waals surface area contributed by atoms with Gasteiger partial charge in [0.05, 0.1) is 11.1 Å². The molecule has 26 heavy (non-hydrogen) atoms. The molecule has 3 aromatic rings. The Labute approximate surface area is 153 Å². The van der Waals surface area contributed by atoms with Crippen molar-refractivity contribution in [3.05, 3.63) is 71.2 Å². The van der Waals surface area contributed by atoms with Crippen molar-refractivity contribution in [1.29, 1.82) is 0 Å². The van der Waals surface area contributed by atoms with Crippen LogP contribution in [-0.2, 0) is 19.3 Å². The van der Waals surface area contributed by atoms with Crippen LogP contribution >= 0.6 is 0 Å². The monoisotopic (exact) mass is 345 g/mol. The summed E-state index contributed by atoms with van der Waals surface area (Å²) in [6, 6.07) is 11.9. The summed E-state index contributed by atoms with van der Waals surface area (Å²) in [5.41, 5.74) is 5.10. The summed E-state index contributed by atoms with van der Waals surface area (Å²) in [5.74, 6) is 0.602. The first-order valence-corrected chi connectivity index (χ1v) is 9.30. The minimum atomic E-state index is 0.0119. The van der Waals surface area contributed by atoms with E-state index in [1.807, 2.05) is 42.6 Å². The molecule has 4 rings (SSSR count). The van der Waals surface area contributed by atoms with E-state index in [1.54, 1.807) is 6.20 Å². The second-order valence-corrected chi connectivity index (χ2v) is 7.14. The number of para-hydroxylation sites is 1. The third-order valence-electron chi connectivity index (χ3n) is 5.15. The summed E-state index contributed by atoms with van der Waals surface area (Å²) in [6.45, 7) is 2.85. The third kappa shape index (κ3) is 3.32. The predicted octanol–water partition coefficient (Wildman–Crippen LogP) is 3.73. The molecule has 0 saturated heterocycles. The number of nitrogens with zero attached hydrogens (tertiary/aromatic N) is 2. The summed E-state index contributed by atoms with van der Waals surface area (Å²) in [6.07, 6.45) is 7.41. The number of carbonyl (C=O) groups excluding carboxylic acids is 1. The predicted molar refractivity (Wildman–Crippen MR) is 103 cm³/mol. The fraction of sp³-hybridized carbons (Fsp3) is 0.318. The van der Waals surface area contributed by atoms with E-state index in [1.165, 1.54) is 0 Å². The number of nitrogens with one attached hydrogen (secondary N) is 1. The highest BCUT2D eigenvalue weighted by Gasteiger charge is 2.25. The van der Waals surface area contributed by atoms with Crippen LogP contribution in [0.25, 0.3) is 10.9 Å². The van der Waals surface area contributed by atoms with Crippen LogP contribution in [-0.4, -0.2) is 22.4 Å². The topological polar surface area (TPSA) is 54.9 Å². The van der Waals surface area contributed by atoms with Crippen molar-refractivity contribution >= 4 is 16.8 Å². The molecule has 2 heterocycles. The number of benzene rings is 1. The van der Waals surface area contributed by atoms with E-state index in [2.05, 4.69) is 17.2 Å². The molecule has 2 aromatic heterocycles. The van der Waals surface area contributed by atoms with Crippen molar-refractivity contribution in [3.8, 4) is 0 Å². The number of aryl methyl sites for hydroxylation is 1. The molecule has 0 fully saturated rings. The molecule has 132 valence electrons. The lowest BCUT2D eigenvalue weighted by Crippen LogP contribution is -2.29. The molecule has 1 atom stereocenters. The Hall–Kier alpha value is -2.75. The van der Waals surface area contributed by atoms with Crippen molar-refractivity contribution in [1.82, 2.24) is 15.3 Å². The number of rotatable bonds is 4. The largest absolute Gasteiger partial charge is 0.352 e. The summed E-state index contributed by atoms with van der Waals surface area (Å²) in [4.78, 5) is 22.0. The average molecular weight is 345 g/mol. The van der Waals surface area contributed by atoms with Crippen molar-refractivity contribution in [2.75, 3.05) is 6.54 Å². The van der Waals surface area contributed by atoms with Gasteiger partial charge in [0, 0.05) is 30.0 Å². The van der Waals surface area contributed by atoms with Crippen LogP contribution in [0.1, 0.15) is 40.5 Å². The molecule has 1 aliphatic rings. The molecule has 1 N–H and O–H groups in total. The van der Waals surface area contributed by atoms with Crippen molar-refractivity contribution in [2.45, 2.75) is 32.6 Å². The molecule has 1 aliphatic carbocycles. The van der Waals surface area contributed by atoms with Gasteiger partial charge in [-0.2, -0.15) is 0 Å². The number of hydrogen-bond donors (Lipinski definition) is 1. The lowest BCUT2D eigenvalue weighted by Gasteiger charge is -2.24. The van der Waals surface area contributed by atoms with Crippen LogP contribution in [0, 0.1) is 5.92 Å². The van der Waals surface area contributed by atoms with Gasteiger partial charge in [-0.05, 0) is 54.9 Å². The second-order valence-electron chi connectivity index (χ2n) is 7.14. The van der Waals surface area contributed by atoms with E-state index in [9.17, 15) is 4.79 Å². The molecule has 0 spiro atoms. The molecule has 0 saturated carbocycles. The van der Waals surface area contributed by atoms with E-state index >= 15 is 0 Å². The van der Waals surface area contributed by atoms with Crippen LogP contribution in [0.4, 0.5) is 0 Å². The lowest BCUT2D eigenvalue weighted by molar-refractivity contribution is 0.0954. The lowest BCUT2D eigenvalue weighted by atomic mass is 9.84. The van der Waals surface area contributed by atoms with Gasteiger partial charge < -0.3 is 5.32 Å². The van der Waals surface area contributed by atoms with Crippen LogP contribution < -0.4 is 5.32 Å². The van der Waals surface area contributed by atoms with Gasteiger partial charge >= 0.3 is 0 Å². The Morgan fingerprint density at radius 2 is 2.12 bits per heavy atom. The van der Waals surface area contributed by atoms with Crippen LogP contribution in [0.5, 0.6) is 0 Å². The smallest absolute Gasteiger partial charge is 0.252 e. The highest BCUT2D eigenvalue weighted by molar-refractivity contribution is 6.07. The summed E-state index contributed by atoms with van der Waals surface area (Å²) in [7, 11) is 0. The number of hydrogen-bond acceptors (Lipinski definition) is 3. The van der Waals surface area contributed by atoms with E-state index < -0.39 is 0 Å². The summed E-state index contributed by atoms with van der Waals surface area (Å²) in [5, 5.41) is 4.07. The normalized spacial score (nSPS) is 16.3. The van der Waals surface area contributed by atoms with E-state index in [-0.39, 0.29) is 5.91 Å². The zero-order valence-electron chi connectivity index (χ0n) is 15.0. The van der Waals surface area contributed by atoms with Crippen LogP contribution in [0.2, 0.25) is 0 Å². The number of aromatic nitrogens is 2. The maximum Gasteiger partial charge on any atom is 0.252 e. The molecular formula is C22H23N3O. The Morgan fingerprint density at radius 1 is 1.23 bits per heavy atom. The van der Waals surface area contributed by atoms with Gasteiger partial charge in [-0.25, -0.2) is 0 Å². The second kappa shape index (κ2) is 7.24. The van der Waals surface area contributed by atoms with Gasteiger partial charge in [0.1, 0.15) is 0 Å². The number of amides is 1. The fourth-order valence-electron chi connectivity index (χ4n) is 3.78. The minimum Gasteiger partial charge on any atom is -0.352 e. The van der Waals surface area contributed by atoms with Crippen LogP contribution in [0.3, 0.4) is 0 Å². The van der Waals surface area contributed by atoms with Gasteiger partial charge in [0.2, 0.25) is 0 Å². The Kier molecular flexibility index (Phi) is 4.65. The standard InChI is InChI=1S/C22H23N3O/c1-15-8-9-20-18(13-15)21(17-6-2-3-7-19(17)25-20)22(26)24-12-10-16-5-4-11-23-14-16/h2-7,11,14-15H,8-10,12-13H2,1H3,(H,24,26)/t15-/m0/s1. The van der Waals surface area contributed by atoms with Crippen molar-refractivity contribution < 1.29 is 4.79 Å². The molecule has 0 radical (unpaired) electrons. The zero-order chi connectivity index (χ0) is 17.9. The first kappa shape index (κ1) is 16.7. The number of pyridine rings is 2.